The van der Waals surface area contributed by atoms with Gasteiger partial charge in [0.25, 0.3) is 0 Å². The lowest BCUT2D eigenvalue weighted by Gasteiger charge is -2.40. The van der Waals surface area contributed by atoms with Crippen LogP contribution in [0.2, 0.25) is 0 Å². The highest BCUT2D eigenvalue weighted by Gasteiger charge is 2.43. The van der Waals surface area contributed by atoms with E-state index in [0.717, 1.165) is 25.9 Å². The van der Waals surface area contributed by atoms with Crippen LogP contribution < -0.4 is 5.73 Å². The van der Waals surface area contributed by atoms with Gasteiger partial charge in [0.1, 0.15) is 5.54 Å². The Morgan fingerprint density at radius 1 is 1.53 bits per heavy atom. The number of carbonyl (C=O) groups is 1. The number of hydrogen-bond donors (Lipinski definition) is 2. The third kappa shape index (κ3) is 3.25. The molecule has 19 heavy (non-hydrogen) atoms. The predicted molar refractivity (Wildman–Crippen MR) is 71.7 cm³/mol. The van der Waals surface area contributed by atoms with Crippen molar-refractivity contribution in [2.75, 3.05) is 46.5 Å². The zero-order chi connectivity index (χ0) is 13.9. The number of aliphatic hydroxyl groups is 1. The quantitative estimate of drug-likeness (QED) is 0.687. The van der Waals surface area contributed by atoms with E-state index in [0.29, 0.717) is 26.2 Å². The summed E-state index contributed by atoms with van der Waals surface area (Å²) in [7, 11) is 2.09. The first-order valence-electron chi connectivity index (χ1n) is 7.04. The summed E-state index contributed by atoms with van der Waals surface area (Å²) in [4.78, 5) is 16.7. The molecule has 2 fully saturated rings. The second kappa shape index (κ2) is 6.17. The number of carbonyl (C=O) groups excluding carboxylic acids is 1. The molecule has 1 unspecified atom stereocenters. The molecule has 110 valence electrons. The van der Waals surface area contributed by atoms with Crippen LogP contribution in [0.4, 0.5) is 0 Å². The highest BCUT2D eigenvalue weighted by molar-refractivity contribution is 5.87. The molecule has 0 bridgehead atoms. The number of nitrogens with two attached hydrogens (primary N) is 1. The molecule has 6 heteroatoms. The molecule has 2 aliphatic heterocycles. The van der Waals surface area contributed by atoms with Crippen LogP contribution in [0.5, 0.6) is 0 Å². The molecule has 0 aromatic heterocycles. The minimum Gasteiger partial charge on any atom is -0.395 e. The van der Waals surface area contributed by atoms with Crippen LogP contribution in [-0.4, -0.2) is 78.9 Å². The zero-order valence-electron chi connectivity index (χ0n) is 11.7. The summed E-state index contributed by atoms with van der Waals surface area (Å²) >= 11 is 0. The smallest absolute Gasteiger partial charge is 0.245 e. The summed E-state index contributed by atoms with van der Waals surface area (Å²) in [6.07, 6.45) is 2.46. The first-order valence-corrected chi connectivity index (χ1v) is 7.04. The summed E-state index contributed by atoms with van der Waals surface area (Å²) in [5.41, 5.74) is 5.27. The van der Waals surface area contributed by atoms with Crippen molar-refractivity contribution in [1.82, 2.24) is 9.80 Å². The summed E-state index contributed by atoms with van der Waals surface area (Å²) in [5, 5.41) is 9.22. The molecule has 2 rings (SSSR count). The summed E-state index contributed by atoms with van der Waals surface area (Å²) < 4.78 is 5.27. The Bertz CT molecular complexity index is 310. The maximum Gasteiger partial charge on any atom is 0.245 e. The fraction of sp³-hybridized carbons (Fsp3) is 0.923. The maximum atomic E-state index is 12.6. The van der Waals surface area contributed by atoms with E-state index in [1.54, 1.807) is 4.90 Å². The highest BCUT2D eigenvalue weighted by atomic mass is 16.5. The van der Waals surface area contributed by atoms with Gasteiger partial charge in [-0.05, 0) is 39.4 Å². The summed E-state index contributed by atoms with van der Waals surface area (Å²) in [6, 6.07) is 0.192. The fourth-order valence-electron chi connectivity index (χ4n) is 2.90. The molecule has 1 atom stereocenters. The normalized spacial score (nSPS) is 29.6. The van der Waals surface area contributed by atoms with E-state index < -0.39 is 5.54 Å². The van der Waals surface area contributed by atoms with Gasteiger partial charge in [0, 0.05) is 19.2 Å². The van der Waals surface area contributed by atoms with Crippen LogP contribution in [0.25, 0.3) is 0 Å². The van der Waals surface area contributed by atoms with Gasteiger partial charge in [-0.1, -0.05) is 0 Å². The predicted octanol–water partition coefficient (Wildman–Crippen LogP) is -0.981. The van der Waals surface area contributed by atoms with Crippen LogP contribution >= 0.6 is 0 Å². The molecular formula is C13H25N3O3. The molecule has 0 aromatic carbocycles. The van der Waals surface area contributed by atoms with Crippen molar-refractivity contribution < 1.29 is 14.6 Å². The topological polar surface area (TPSA) is 79.0 Å². The van der Waals surface area contributed by atoms with Crippen molar-refractivity contribution in [3.63, 3.8) is 0 Å². The number of rotatable bonds is 4. The van der Waals surface area contributed by atoms with Crippen molar-refractivity contribution in [3.05, 3.63) is 0 Å². The van der Waals surface area contributed by atoms with Gasteiger partial charge in [-0.25, -0.2) is 0 Å². The van der Waals surface area contributed by atoms with E-state index >= 15 is 0 Å². The minimum atomic E-state index is -0.890. The molecule has 6 nitrogen and oxygen atoms in total. The molecule has 2 saturated heterocycles. The van der Waals surface area contributed by atoms with Crippen molar-refractivity contribution in [1.29, 1.82) is 0 Å². The number of aliphatic hydroxyl groups excluding tert-OH is 1. The van der Waals surface area contributed by atoms with Crippen LogP contribution in [0, 0.1) is 0 Å². The van der Waals surface area contributed by atoms with Gasteiger partial charge in [0.15, 0.2) is 0 Å². The molecule has 2 aliphatic rings. The fourth-order valence-corrected chi connectivity index (χ4v) is 2.90. The van der Waals surface area contributed by atoms with Crippen LogP contribution in [0.1, 0.15) is 19.3 Å². The molecule has 0 saturated carbocycles. The minimum absolute atomic E-state index is 0.0188. The molecule has 0 spiro atoms. The Morgan fingerprint density at radius 2 is 2.21 bits per heavy atom. The number of ether oxygens (including phenoxy) is 1. The van der Waals surface area contributed by atoms with Gasteiger partial charge in [-0.3, -0.25) is 4.79 Å². The third-order valence-corrected chi connectivity index (χ3v) is 4.21. The maximum absolute atomic E-state index is 12.6. The van der Waals surface area contributed by atoms with Crippen LogP contribution in [0.3, 0.4) is 0 Å². The van der Waals surface area contributed by atoms with Gasteiger partial charge in [-0.2, -0.15) is 0 Å². The van der Waals surface area contributed by atoms with E-state index in [4.69, 9.17) is 10.5 Å². The van der Waals surface area contributed by atoms with Gasteiger partial charge >= 0.3 is 0 Å². The van der Waals surface area contributed by atoms with E-state index in [1.807, 2.05) is 0 Å². The number of hydrogen-bond acceptors (Lipinski definition) is 5. The average molecular weight is 271 g/mol. The lowest BCUT2D eigenvalue weighted by molar-refractivity contribution is -0.141. The van der Waals surface area contributed by atoms with Gasteiger partial charge in [-0.15, -0.1) is 0 Å². The number of piperidine rings is 1. The number of likely N-dealkylation sites (tertiary alicyclic amines) is 1. The van der Waals surface area contributed by atoms with E-state index in [1.165, 1.54) is 0 Å². The summed E-state index contributed by atoms with van der Waals surface area (Å²) in [6.45, 7) is 3.14. The van der Waals surface area contributed by atoms with Crippen molar-refractivity contribution in [3.8, 4) is 0 Å². The van der Waals surface area contributed by atoms with Gasteiger partial charge in [0.2, 0.25) is 5.91 Å². The monoisotopic (exact) mass is 271 g/mol. The van der Waals surface area contributed by atoms with Crippen molar-refractivity contribution in [2.24, 2.45) is 5.73 Å². The molecule has 2 heterocycles. The Kier molecular flexibility index (Phi) is 4.78. The summed E-state index contributed by atoms with van der Waals surface area (Å²) in [5.74, 6) is -0.0615. The lowest BCUT2D eigenvalue weighted by atomic mass is 9.95. The van der Waals surface area contributed by atoms with Gasteiger partial charge < -0.3 is 25.4 Å². The zero-order valence-corrected chi connectivity index (χ0v) is 11.7. The first kappa shape index (κ1) is 14.7. The van der Waals surface area contributed by atoms with Crippen LogP contribution in [0.15, 0.2) is 0 Å². The van der Waals surface area contributed by atoms with Crippen LogP contribution in [-0.2, 0) is 9.53 Å². The molecule has 3 N–H and O–H groups in total. The first-order chi connectivity index (χ1) is 9.07. The number of nitrogens with zero attached hydrogens (tertiary/aromatic N) is 2. The lowest BCUT2D eigenvalue weighted by Crippen LogP contribution is -2.60. The van der Waals surface area contributed by atoms with Crippen molar-refractivity contribution in [2.45, 2.75) is 30.8 Å². The molecule has 0 aliphatic carbocycles. The average Bonchev–Trinajstić information content (AvgIpc) is 2.85. The molecular weight excluding hydrogens is 246 g/mol. The largest absolute Gasteiger partial charge is 0.395 e. The number of amides is 1. The molecule has 1 amide bonds. The Balaban J connectivity index is 2.04. The van der Waals surface area contributed by atoms with Crippen molar-refractivity contribution >= 4 is 5.91 Å². The SMILES string of the molecule is CN1CCC(N(CCO)C(=O)C2(N)CCOC2)CC1. The van der Waals surface area contributed by atoms with E-state index in [-0.39, 0.29) is 18.6 Å². The Labute approximate surface area is 114 Å². The second-order valence-electron chi connectivity index (χ2n) is 5.72. The van der Waals surface area contributed by atoms with E-state index in [9.17, 15) is 9.90 Å². The Morgan fingerprint density at radius 3 is 2.74 bits per heavy atom. The molecule has 0 aromatic rings. The highest BCUT2D eigenvalue weighted by Crippen LogP contribution is 2.23. The van der Waals surface area contributed by atoms with E-state index in [2.05, 4.69) is 11.9 Å². The molecule has 0 radical (unpaired) electrons. The Hall–Kier alpha value is -0.690. The second-order valence-corrected chi connectivity index (χ2v) is 5.72. The third-order valence-electron chi connectivity index (χ3n) is 4.21. The van der Waals surface area contributed by atoms with Gasteiger partial charge in [0.05, 0.1) is 13.2 Å². The standard InChI is InChI=1S/C13H25N3O3/c1-15-5-2-11(3-6-15)16(7-8-17)12(18)13(14)4-9-19-10-13/h11,17H,2-10,14H2,1H3.